The second kappa shape index (κ2) is 5.24. The van der Waals surface area contributed by atoms with Crippen LogP contribution in [-0.4, -0.2) is 13.1 Å². The van der Waals surface area contributed by atoms with Crippen LogP contribution in [0, 0.1) is 6.61 Å². The van der Waals surface area contributed by atoms with E-state index in [0.29, 0.717) is 15.7 Å². The predicted octanol–water partition coefficient (Wildman–Crippen LogP) is 3.75. The number of anilines is 1. The fraction of sp³-hybridized carbons (Fsp3) is 0.200. The van der Waals surface area contributed by atoms with Crippen molar-refractivity contribution < 1.29 is 9.53 Å². The molecule has 81 valence electrons. The summed E-state index contributed by atoms with van der Waals surface area (Å²) < 4.78 is 4.71. The van der Waals surface area contributed by atoms with E-state index in [9.17, 15) is 4.79 Å². The number of nitrogens with zero attached hydrogens (tertiary/aromatic N) is 1. The highest BCUT2D eigenvalue weighted by Gasteiger charge is 2.15. The molecule has 0 atom stereocenters. The molecule has 0 saturated heterocycles. The van der Waals surface area contributed by atoms with Gasteiger partial charge in [0.25, 0.3) is 0 Å². The molecule has 5 heteroatoms. The van der Waals surface area contributed by atoms with Crippen molar-refractivity contribution in [3.63, 3.8) is 0 Å². The average Bonchev–Trinajstić information content (AvgIpc) is 2.21. The third-order valence-electron chi connectivity index (χ3n) is 1.79. The van der Waals surface area contributed by atoms with Gasteiger partial charge in [0.15, 0.2) is 0 Å². The summed E-state index contributed by atoms with van der Waals surface area (Å²) in [6, 6.07) is 5.05. The van der Waals surface area contributed by atoms with Gasteiger partial charge in [-0.2, -0.15) is 0 Å². The summed E-state index contributed by atoms with van der Waals surface area (Å²) in [5.41, 5.74) is 0.510. The van der Waals surface area contributed by atoms with Crippen molar-refractivity contribution in [2.45, 2.75) is 6.92 Å². The Balaban J connectivity index is 2.96. The lowest BCUT2D eigenvalue weighted by Crippen LogP contribution is -2.26. The van der Waals surface area contributed by atoms with Gasteiger partial charge < -0.3 is 4.74 Å². The minimum Gasteiger partial charge on any atom is -0.442 e. The fourth-order valence-corrected chi connectivity index (χ4v) is 1.45. The van der Waals surface area contributed by atoms with Gasteiger partial charge in [0, 0.05) is 7.05 Å². The molecule has 1 amide bonds. The topological polar surface area (TPSA) is 29.5 Å². The van der Waals surface area contributed by atoms with E-state index in [1.54, 1.807) is 32.2 Å². The van der Waals surface area contributed by atoms with Crippen LogP contribution in [0.15, 0.2) is 18.2 Å². The molecule has 0 saturated carbocycles. The van der Waals surface area contributed by atoms with Crippen molar-refractivity contribution in [3.05, 3.63) is 34.9 Å². The van der Waals surface area contributed by atoms with Crippen molar-refractivity contribution in [1.29, 1.82) is 0 Å². The number of rotatable bonds is 2. The highest BCUT2D eigenvalue weighted by Crippen LogP contribution is 2.31. The maximum absolute atomic E-state index is 11.4. The maximum Gasteiger partial charge on any atom is 0.414 e. The van der Waals surface area contributed by atoms with E-state index in [1.807, 2.05) is 0 Å². The first-order chi connectivity index (χ1) is 7.07. The number of halogens is 2. The molecule has 0 unspecified atom stereocenters. The van der Waals surface area contributed by atoms with Crippen molar-refractivity contribution in [1.82, 2.24) is 0 Å². The van der Waals surface area contributed by atoms with Crippen LogP contribution in [0.4, 0.5) is 10.5 Å². The number of carbonyl (C=O) groups is 1. The first-order valence-electron chi connectivity index (χ1n) is 4.24. The van der Waals surface area contributed by atoms with Gasteiger partial charge in [0.2, 0.25) is 0 Å². The molecular formula is C10H10Cl2NO2. The van der Waals surface area contributed by atoms with Crippen LogP contribution < -0.4 is 4.90 Å². The number of amides is 1. The van der Waals surface area contributed by atoms with Crippen LogP contribution in [0.1, 0.15) is 6.92 Å². The van der Waals surface area contributed by atoms with Gasteiger partial charge in [-0.25, -0.2) is 4.79 Å². The molecule has 0 aromatic heterocycles. The van der Waals surface area contributed by atoms with Crippen LogP contribution >= 0.6 is 23.2 Å². The fourth-order valence-electron chi connectivity index (χ4n) is 1.03. The second-order valence-corrected chi connectivity index (χ2v) is 3.54. The number of benzene rings is 1. The Bertz CT molecular complexity index is 368. The molecule has 15 heavy (non-hydrogen) atoms. The van der Waals surface area contributed by atoms with Gasteiger partial charge in [0.05, 0.1) is 15.7 Å². The van der Waals surface area contributed by atoms with Gasteiger partial charge in [-0.15, -0.1) is 0 Å². The molecule has 1 aromatic rings. The lowest BCUT2D eigenvalue weighted by atomic mass is 10.3. The number of carbonyl (C=O) groups excluding carboxylic acids is 1. The van der Waals surface area contributed by atoms with Gasteiger partial charge in [-0.05, 0) is 19.1 Å². The summed E-state index contributed by atoms with van der Waals surface area (Å²) in [5.74, 6) is 0. The lowest BCUT2D eigenvalue weighted by molar-refractivity contribution is 0.182. The van der Waals surface area contributed by atoms with Crippen LogP contribution in [0.5, 0.6) is 0 Å². The van der Waals surface area contributed by atoms with Gasteiger partial charge in [0.1, 0.15) is 6.61 Å². The van der Waals surface area contributed by atoms with E-state index >= 15 is 0 Å². The molecule has 0 aliphatic heterocycles. The smallest absolute Gasteiger partial charge is 0.414 e. The molecule has 1 rings (SSSR count). The number of hydrogen-bond donors (Lipinski definition) is 0. The molecule has 0 aliphatic rings. The summed E-state index contributed by atoms with van der Waals surface area (Å²) in [7, 11) is 1.56. The van der Waals surface area contributed by atoms with Crippen molar-refractivity contribution in [2.75, 3.05) is 11.9 Å². The largest absolute Gasteiger partial charge is 0.442 e. The first-order valence-corrected chi connectivity index (χ1v) is 4.99. The van der Waals surface area contributed by atoms with Crippen LogP contribution in [0.2, 0.25) is 10.0 Å². The molecule has 3 nitrogen and oxygen atoms in total. The Morgan fingerprint density at radius 1 is 1.47 bits per heavy atom. The van der Waals surface area contributed by atoms with Crippen LogP contribution in [0.3, 0.4) is 0 Å². The number of hydrogen-bond acceptors (Lipinski definition) is 2. The molecule has 0 heterocycles. The minimum absolute atomic E-state index is 0.328. The maximum atomic E-state index is 11.4. The van der Waals surface area contributed by atoms with Gasteiger partial charge >= 0.3 is 6.09 Å². The molecular weight excluding hydrogens is 237 g/mol. The molecule has 0 spiro atoms. The third kappa shape index (κ3) is 2.76. The Morgan fingerprint density at radius 3 is 2.73 bits per heavy atom. The Hall–Kier alpha value is -0.930. The zero-order valence-corrected chi connectivity index (χ0v) is 9.84. The molecule has 1 radical (unpaired) electrons. The van der Waals surface area contributed by atoms with Gasteiger partial charge in [-0.1, -0.05) is 29.3 Å². The van der Waals surface area contributed by atoms with E-state index in [2.05, 4.69) is 0 Å². The SMILES string of the molecule is C[CH]OC(=O)N(C)c1cccc(Cl)c1Cl. The minimum atomic E-state index is -0.512. The Morgan fingerprint density at radius 2 is 2.13 bits per heavy atom. The van der Waals surface area contributed by atoms with Crippen molar-refractivity contribution >= 4 is 35.0 Å². The van der Waals surface area contributed by atoms with Crippen molar-refractivity contribution in [2.24, 2.45) is 0 Å². The molecule has 0 bridgehead atoms. The van der Waals surface area contributed by atoms with E-state index in [4.69, 9.17) is 27.9 Å². The highest BCUT2D eigenvalue weighted by molar-refractivity contribution is 6.44. The highest BCUT2D eigenvalue weighted by atomic mass is 35.5. The van der Waals surface area contributed by atoms with E-state index in [1.165, 1.54) is 11.5 Å². The van der Waals surface area contributed by atoms with E-state index < -0.39 is 6.09 Å². The van der Waals surface area contributed by atoms with E-state index in [0.717, 1.165) is 0 Å². The summed E-state index contributed by atoms with van der Waals surface area (Å²) in [4.78, 5) is 12.7. The predicted molar refractivity (Wildman–Crippen MR) is 61.3 cm³/mol. The molecule has 0 aliphatic carbocycles. The monoisotopic (exact) mass is 246 g/mol. The summed E-state index contributed by atoms with van der Waals surface area (Å²) in [6.07, 6.45) is -0.512. The molecule has 0 fully saturated rings. The Labute approximate surface area is 98.5 Å². The van der Waals surface area contributed by atoms with Gasteiger partial charge in [-0.3, -0.25) is 4.90 Å². The average molecular weight is 247 g/mol. The normalized spacial score (nSPS) is 9.87. The van der Waals surface area contributed by atoms with Crippen molar-refractivity contribution in [3.8, 4) is 0 Å². The van der Waals surface area contributed by atoms with Crippen LogP contribution in [0.25, 0.3) is 0 Å². The first kappa shape index (κ1) is 12.1. The zero-order chi connectivity index (χ0) is 11.4. The Kier molecular flexibility index (Phi) is 4.24. The zero-order valence-electron chi connectivity index (χ0n) is 8.33. The van der Waals surface area contributed by atoms with E-state index in [-0.39, 0.29) is 0 Å². The summed E-state index contributed by atoms with van der Waals surface area (Å²) in [5, 5.41) is 0.726. The quantitative estimate of drug-likeness (QED) is 0.796. The number of ether oxygens (including phenoxy) is 1. The van der Waals surface area contributed by atoms with Crippen LogP contribution in [-0.2, 0) is 4.74 Å². The summed E-state index contributed by atoms with van der Waals surface area (Å²) in [6.45, 7) is 2.92. The molecule has 0 N–H and O–H groups in total. The summed E-state index contributed by atoms with van der Waals surface area (Å²) >= 11 is 11.8. The molecule has 1 aromatic carbocycles. The standard InChI is InChI=1S/C10H10Cl2NO2/c1-3-15-10(14)13(2)8-6-4-5-7(11)9(8)12/h3-6H,1-2H3. The second-order valence-electron chi connectivity index (χ2n) is 2.75. The lowest BCUT2D eigenvalue weighted by Gasteiger charge is -2.17. The third-order valence-corrected chi connectivity index (χ3v) is 2.59.